The molecule has 0 saturated carbocycles. The highest BCUT2D eigenvalue weighted by molar-refractivity contribution is 9.10. The van der Waals surface area contributed by atoms with Crippen molar-refractivity contribution < 1.29 is 9.84 Å². The van der Waals surface area contributed by atoms with Gasteiger partial charge in [-0.2, -0.15) is 0 Å². The van der Waals surface area contributed by atoms with E-state index in [0.29, 0.717) is 6.61 Å². The maximum atomic E-state index is 9.74. The molecule has 2 aromatic rings. The maximum Gasteiger partial charge on any atom is 0.125 e. The molecule has 2 aromatic carbocycles. The van der Waals surface area contributed by atoms with Gasteiger partial charge in [-0.15, -0.1) is 0 Å². The Morgan fingerprint density at radius 2 is 1.84 bits per heavy atom. The van der Waals surface area contributed by atoms with Gasteiger partial charge in [-0.05, 0) is 43.2 Å². The van der Waals surface area contributed by atoms with E-state index in [9.17, 15) is 5.11 Å². The fourth-order valence-corrected chi connectivity index (χ4v) is 2.12. The number of aliphatic hydroxyl groups excluding tert-OH is 1. The number of hydrogen-bond acceptors (Lipinski definition) is 2. The topological polar surface area (TPSA) is 29.5 Å². The summed E-state index contributed by atoms with van der Waals surface area (Å²) in [6.07, 6.45) is -0.527. The zero-order valence-electron chi connectivity index (χ0n) is 11.1. The van der Waals surface area contributed by atoms with Gasteiger partial charge in [0.1, 0.15) is 12.4 Å². The molecule has 0 aliphatic heterocycles. The number of aryl methyl sites for hydroxylation is 1. The summed E-state index contributed by atoms with van der Waals surface area (Å²) in [5.41, 5.74) is 3.04. The van der Waals surface area contributed by atoms with Crippen LogP contribution in [0.5, 0.6) is 5.75 Å². The van der Waals surface area contributed by atoms with Crippen LogP contribution in [0.4, 0.5) is 0 Å². The van der Waals surface area contributed by atoms with Crippen molar-refractivity contribution >= 4 is 15.9 Å². The van der Waals surface area contributed by atoms with Gasteiger partial charge in [-0.1, -0.05) is 40.2 Å². The Hall–Kier alpha value is -1.32. The van der Waals surface area contributed by atoms with Gasteiger partial charge in [0.05, 0.1) is 6.10 Å². The van der Waals surface area contributed by atoms with Crippen LogP contribution in [0.3, 0.4) is 0 Å². The van der Waals surface area contributed by atoms with E-state index in [-0.39, 0.29) is 0 Å². The molecule has 100 valence electrons. The number of halogens is 1. The van der Waals surface area contributed by atoms with Crippen molar-refractivity contribution in [3.05, 3.63) is 63.6 Å². The van der Waals surface area contributed by atoms with Crippen LogP contribution >= 0.6 is 15.9 Å². The largest absolute Gasteiger partial charge is 0.489 e. The summed E-state index contributed by atoms with van der Waals surface area (Å²) in [5.74, 6) is 0.748. The smallest absolute Gasteiger partial charge is 0.125 e. The van der Waals surface area contributed by atoms with Crippen molar-refractivity contribution in [2.75, 3.05) is 0 Å². The summed E-state index contributed by atoms with van der Waals surface area (Å²) < 4.78 is 6.88. The fraction of sp³-hybridized carbons (Fsp3) is 0.250. The lowest BCUT2D eigenvalue weighted by atomic mass is 10.1. The lowest BCUT2D eigenvalue weighted by Gasteiger charge is -2.14. The summed E-state index contributed by atoms with van der Waals surface area (Å²) >= 11 is 3.41. The van der Waals surface area contributed by atoms with Crippen LogP contribution in [0.1, 0.15) is 29.7 Å². The van der Waals surface area contributed by atoms with Crippen LogP contribution in [0.25, 0.3) is 0 Å². The molecule has 2 nitrogen and oxygen atoms in total. The highest BCUT2D eigenvalue weighted by Gasteiger charge is 2.09. The van der Waals surface area contributed by atoms with E-state index in [2.05, 4.69) is 15.9 Å². The molecule has 0 fully saturated rings. The van der Waals surface area contributed by atoms with Crippen LogP contribution < -0.4 is 4.74 Å². The van der Waals surface area contributed by atoms with E-state index in [0.717, 1.165) is 26.9 Å². The molecule has 3 heteroatoms. The van der Waals surface area contributed by atoms with Gasteiger partial charge in [0.15, 0.2) is 0 Å². The third-order valence-corrected chi connectivity index (χ3v) is 3.46. The fourth-order valence-electron chi connectivity index (χ4n) is 1.85. The van der Waals surface area contributed by atoms with E-state index >= 15 is 0 Å². The molecule has 19 heavy (non-hydrogen) atoms. The van der Waals surface area contributed by atoms with Crippen molar-refractivity contribution in [3.63, 3.8) is 0 Å². The molecule has 0 aliphatic carbocycles. The summed E-state index contributed by atoms with van der Waals surface area (Å²) in [4.78, 5) is 0. The molecule has 1 N–H and O–H groups in total. The summed E-state index contributed by atoms with van der Waals surface area (Å²) in [6.45, 7) is 4.26. The quantitative estimate of drug-likeness (QED) is 0.905. The van der Waals surface area contributed by atoms with Crippen LogP contribution in [0, 0.1) is 6.92 Å². The normalized spacial score (nSPS) is 12.2. The van der Waals surface area contributed by atoms with E-state index in [1.165, 1.54) is 0 Å². The molecule has 2 rings (SSSR count). The van der Waals surface area contributed by atoms with Gasteiger partial charge in [0.25, 0.3) is 0 Å². The second-order valence-corrected chi connectivity index (χ2v) is 5.55. The number of benzene rings is 2. The van der Waals surface area contributed by atoms with E-state index in [1.54, 1.807) is 6.92 Å². The van der Waals surface area contributed by atoms with Crippen LogP contribution in [0.15, 0.2) is 46.9 Å². The third-order valence-electron chi connectivity index (χ3n) is 2.93. The standard InChI is InChI=1S/C16H17BrO2/c1-11-3-8-15(12(2)18)16(9-11)19-10-13-4-6-14(17)7-5-13/h3-9,12,18H,10H2,1-2H3/t12-/m0/s1. The predicted octanol–water partition coefficient (Wildman–Crippen LogP) is 4.39. The van der Waals surface area contributed by atoms with Crippen molar-refractivity contribution in [1.82, 2.24) is 0 Å². The highest BCUT2D eigenvalue weighted by Crippen LogP contribution is 2.27. The lowest BCUT2D eigenvalue weighted by molar-refractivity contribution is 0.190. The van der Waals surface area contributed by atoms with Gasteiger partial charge in [0.2, 0.25) is 0 Å². The maximum absolute atomic E-state index is 9.74. The van der Waals surface area contributed by atoms with E-state index in [4.69, 9.17) is 4.74 Å². The minimum absolute atomic E-state index is 0.496. The van der Waals surface area contributed by atoms with Crippen molar-refractivity contribution in [3.8, 4) is 5.75 Å². The Morgan fingerprint density at radius 1 is 1.16 bits per heavy atom. The number of rotatable bonds is 4. The van der Waals surface area contributed by atoms with Gasteiger partial charge < -0.3 is 9.84 Å². The zero-order chi connectivity index (χ0) is 13.8. The molecule has 1 atom stereocenters. The first-order valence-corrected chi connectivity index (χ1v) is 7.01. The molecule has 0 radical (unpaired) electrons. The average molecular weight is 321 g/mol. The highest BCUT2D eigenvalue weighted by atomic mass is 79.9. The molecule has 0 spiro atoms. The average Bonchev–Trinajstić information content (AvgIpc) is 2.38. The van der Waals surface area contributed by atoms with E-state index in [1.807, 2.05) is 49.4 Å². The summed E-state index contributed by atoms with van der Waals surface area (Å²) in [6, 6.07) is 13.9. The van der Waals surface area contributed by atoms with Gasteiger partial charge in [-0.3, -0.25) is 0 Å². The Bertz CT molecular complexity index is 547. The van der Waals surface area contributed by atoms with Crippen molar-refractivity contribution in [2.24, 2.45) is 0 Å². The summed E-state index contributed by atoms with van der Waals surface area (Å²) in [5, 5.41) is 9.74. The lowest BCUT2D eigenvalue weighted by Crippen LogP contribution is -2.01. The number of aliphatic hydroxyl groups is 1. The van der Waals surface area contributed by atoms with Crippen molar-refractivity contribution in [2.45, 2.75) is 26.6 Å². The Balaban J connectivity index is 2.14. The van der Waals surface area contributed by atoms with Crippen LogP contribution in [-0.4, -0.2) is 5.11 Å². The molecular formula is C16H17BrO2. The van der Waals surface area contributed by atoms with Crippen molar-refractivity contribution in [1.29, 1.82) is 0 Å². The Morgan fingerprint density at radius 3 is 2.47 bits per heavy atom. The number of hydrogen-bond donors (Lipinski definition) is 1. The predicted molar refractivity (Wildman–Crippen MR) is 80.3 cm³/mol. The molecule has 0 heterocycles. The molecule has 0 bridgehead atoms. The minimum atomic E-state index is -0.527. The summed E-state index contributed by atoms with van der Waals surface area (Å²) in [7, 11) is 0. The molecule has 0 unspecified atom stereocenters. The first kappa shape index (κ1) is 14.1. The van der Waals surface area contributed by atoms with Crippen LogP contribution in [-0.2, 0) is 6.61 Å². The number of ether oxygens (including phenoxy) is 1. The molecule has 0 aliphatic rings. The first-order chi connectivity index (χ1) is 9.06. The Labute approximate surface area is 122 Å². The van der Waals surface area contributed by atoms with E-state index < -0.39 is 6.10 Å². The molecule has 0 amide bonds. The van der Waals surface area contributed by atoms with Gasteiger partial charge in [0, 0.05) is 10.0 Å². The second kappa shape index (κ2) is 6.22. The SMILES string of the molecule is Cc1ccc([C@H](C)O)c(OCc2ccc(Br)cc2)c1. The minimum Gasteiger partial charge on any atom is -0.489 e. The third kappa shape index (κ3) is 3.82. The zero-order valence-corrected chi connectivity index (χ0v) is 12.6. The first-order valence-electron chi connectivity index (χ1n) is 6.22. The Kier molecular flexibility index (Phi) is 4.61. The van der Waals surface area contributed by atoms with Gasteiger partial charge >= 0.3 is 0 Å². The molecule has 0 aromatic heterocycles. The monoisotopic (exact) mass is 320 g/mol. The molecular weight excluding hydrogens is 304 g/mol. The second-order valence-electron chi connectivity index (χ2n) is 4.63. The van der Waals surface area contributed by atoms with Crippen LogP contribution in [0.2, 0.25) is 0 Å². The molecule has 0 saturated heterocycles. The van der Waals surface area contributed by atoms with Gasteiger partial charge in [-0.25, -0.2) is 0 Å².